The van der Waals surface area contributed by atoms with E-state index in [1.54, 1.807) is 18.1 Å². The number of rotatable bonds is 5. The van der Waals surface area contributed by atoms with Gasteiger partial charge < -0.3 is 10.2 Å². The van der Waals surface area contributed by atoms with E-state index in [0.29, 0.717) is 0 Å². The van der Waals surface area contributed by atoms with Crippen molar-refractivity contribution in [2.24, 2.45) is 0 Å². The number of amides is 2. The van der Waals surface area contributed by atoms with Gasteiger partial charge in [0.2, 0.25) is 0 Å². The van der Waals surface area contributed by atoms with Gasteiger partial charge in [-0.05, 0) is 43.5 Å². The molecule has 1 aromatic carbocycles. The molecule has 1 fully saturated rings. The first-order valence-electron chi connectivity index (χ1n) is 9.29. The predicted octanol–water partition coefficient (Wildman–Crippen LogP) is 2.98. The van der Waals surface area contributed by atoms with Crippen molar-refractivity contribution in [1.82, 2.24) is 25.1 Å². The van der Waals surface area contributed by atoms with Crippen molar-refractivity contribution in [2.45, 2.75) is 38.4 Å². The topological polar surface area (TPSA) is 61.4 Å². The van der Waals surface area contributed by atoms with Crippen molar-refractivity contribution >= 4 is 6.03 Å². The summed E-state index contributed by atoms with van der Waals surface area (Å²) >= 11 is 0. The predicted molar refractivity (Wildman–Crippen MR) is 101 cm³/mol. The highest BCUT2D eigenvalue weighted by molar-refractivity contribution is 5.74. The zero-order valence-electron chi connectivity index (χ0n) is 15.8. The van der Waals surface area contributed by atoms with Crippen LogP contribution in [-0.2, 0) is 6.54 Å². The molecule has 0 unspecified atom stereocenters. The van der Waals surface area contributed by atoms with Gasteiger partial charge in [0.25, 0.3) is 0 Å². The fourth-order valence-corrected chi connectivity index (χ4v) is 3.28. The van der Waals surface area contributed by atoms with Crippen LogP contribution in [0.15, 0.2) is 42.9 Å². The van der Waals surface area contributed by atoms with Crippen molar-refractivity contribution in [1.29, 1.82) is 0 Å². The van der Waals surface area contributed by atoms with Gasteiger partial charge in [0.05, 0.1) is 11.7 Å². The molecule has 2 heterocycles. The molecule has 0 bridgehead atoms. The van der Waals surface area contributed by atoms with E-state index in [0.717, 1.165) is 43.7 Å². The molecule has 6 nitrogen and oxygen atoms in total. The molecule has 3 rings (SSSR count). The molecule has 1 saturated heterocycles. The standard InChI is InChI=1S/C20H26FN5O/c1-15(19-7-10-22-14-23-19)25(2)20(27)24-18-8-11-26(12-9-18)13-16-3-5-17(21)6-4-16/h3-7,10,14-15,18H,8-9,11-13H2,1-2H3,(H,24,27)/t15-/m0/s1. The minimum atomic E-state index is -0.208. The maximum atomic E-state index is 13.0. The first-order chi connectivity index (χ1) is 13.0. The molecule has 1 N–H and O–H groups in total. The number of urea groups is 1. The Balaban J connectivity index is 1.45. The normalized spacial score (nSPS) is 16.7. The third-order valence-electron chi connectivity index (χ3n) is 5.17. The summed E-state index contributed by atoms with van der Waals surface area (Å²) in [6, 6.07) is 8.43. The number of carbonyl (C=O) groups is 1. The summed E-state index contributed by atoms with van der Waals surface area (Å²) in [6.45, 7) is 4.58. The van der Waals surface area contributed by atoms with E-state index in [1.807, 2.05) is 25.1 Å². The Kier molecular flexibility index (Phi) is 6.34. The van der Waals surface area contributed by atoms with Gasteiger partial charge >= 0.3 is 6.03 Å². The van der Waals surface area contributed by atoms with Gasteiger partial charge in [0.15, 0.2) is 0 Å². The van der Waals surface area contributed by atoms with Crippen molar-refractivity contribution < 1.29 is 9.18 Å². The molecule has 0 spiro atoms. The lowest BCUT2D eigenvalue weighted by Gasteiger charge is -2.34. The molecule has 1 aliphatic rings. The number of benzene rings is 1. The summed E-state index contributed by atoms with van der Waals surface area (Å²) in [5, 5.41) is 3.13. The molecule has 0 radical (unpaired) electrons. The maximum Gasteiger partial charge on any atom is 0.317 e. The lowest BCUT2D eigenvalue weighted by atomic mass is 10.0. The van der Waals surface area contributed by atoms with E-state index in [1.165, 1.54) is 18.5 Å². The van der Waals surface area contributed by atoms with Crippen LogP contribution in [0.5, 0.6) is 0 Å². The molecule has 1 aromatic heterocycles. The number of piperidine rings is 1. The molecular weight excluding hydrogens is 345 g/mol. The highest BCUT2D eigenvalue weighted by Crippen LogP contribution is 2.18. The first-order valence-corrected chi connectivity index (χ1v) is 9.29. The Labute approximate surface area is 159 Å². The van der Waals surface area contributed by atoms with Gasteiger partial charge in [-0.3, -0.25) is 4.90 Å². The average molecular weight is 371 g/mol. The van der Waals surface area contributed by atoms with Crippen LogP contribution in [0.25, 0.3) is 0 Å². The summed E-state index contributed by atoms with van der Waals surface area (Å²) in [6.07, 6.45) is 4.99. The van der Waals surface area contributed by atoms with Crippen LogP contribution < -0.4 is 5.32 Å². The third kappa shape index (κ3) is 5.23. The van der Waals surface area contributed by atoms with Crippen molar-refractivity contribution in [3.63, 3.8) is 0 Å². The van der Waals surface area contributed by atoms with Crippen LogP contribution in [0.4, 0.5) is 9.18 Å². The van der Waals surface area contributed by atoms with Crippen LogP contribution in [0.2, 0.25) is 0 Å². The third-order valence-corrected chi connectivity index (χ3v) is 5.17. The number of hydrogen-bond donors (Lipinski definition) is 1. The SMILES string of the molecule is C[C@@H](c1ccncn1)N(C)C(=O)NC1CCN(Cc2ccc(F)cc2)CC1. The van der Waals surface area contributed by atoms with Crippen LogP contribution in [-0.4, -0.2) is 52.0 Å². The quantitative estimate of drug-likeness (QED) is 0.878. The molecule has 0 saturated carbocycles. The lowest BCUT2D eigenvalue weighted by molar-refractivity contribution is 0.166. The minimum absolute atomic E-state index is 0.0851. The maximum absolute atomic E-state index is 13.0. The van der Waals surface area contributed by atoms with Crippen LogP contribution in [0.3, 0.4) is 0 Å². The Morgan fingerprint density at radius 1 is 1.30 bits per heavy atom. The summed E-state index contributed by atoms with van der Waals surface area (Å²) in [7, 11) is 1.78. The summed E-state index contributed by atoms with van der Waals surface area (Å²) < 4.78 is 13.0. The molecule has 2 amide bonds. The Bertz CT molecular complexity index is 732. The van der Waals surface area contributed by atoms with E-state index in [2.05, 4.69) is 20.2 Å². The monoisotopic (exact) mass is 371 g/mol. The van der Waals surface area contributed by atoms with Gasteiger partial charge in [0.1, 0.15) is 12.1 Å². The number of carbonyl (C=O) groups excluding carboxylic acids is 1. The Morgan fingerprint density at radius 2 is 2.00 bits per heavy atom. The lowest BCUT2D eigenvalue weighted by Crippen LogP contribution is -2.48. The Hall–Kier alpha value is -2.54. The van der Waals surface area contributed by atoms with Gasteiger partial charge in [0, 0.05) is 38.9 Å². The zero-order valence-corrected chi connectivity index (χ0v) is 15.8. The van der Waals surface area contributed by atoms with E-state index in [4.69, 9.17) is 0 Å². The van der Waals surface area contributed by atoms with Crippen LogP contribution in [0, 0.1) is 5.82 Å². The van der Waals surface area contributed by atoms with Crippen molar-refractivity contribution in [3.8, 4) is 0 Å². The molecule has 7 heteroatoms. The number of likely N-dealkylation sites (tertiary alicyclic amines) is 1. The number of aromatic nitrogens is 2. The average Bonchev–Trinajstić information content (AvgIpc) is 2.70. The number of nitrogens with one attached hydrogen (secondary N) is 1. The molecule has 144 valence electrons. The van der Waals surface area contributed by atoms with Crippen molar-refractivity contribution in [2.75, 3.05) is 20.1 Å². The van der Waals surface area contributed by atoms with Gasteiger partial charge in [-0.15, -0.1) is 0 Å². The first kappa shape index (κ1) is 19.2. The van der Waals surface area contributed by atoms with Crippen LogP contribution >= 0.6 is 0 Å². The second-order valence-corrected chi connectivity index (χ2v) is 7.05. The largest absolute Gasteiger partial charge is 0.335 e. The number of halogens is 1. The van der Waals surface area contributed by atoms with Gasteiger partial charge in [-0.2, -0.15) is 0 Å². The fourth-order valence-electron chi connectivity index (χ4n) is 3.28. The van der Waals surface area contributed by atoms with E-state index >= 15 is 0 Å². The number of nitrogens with zero attached hydrogens (tertiary/aromatic N) is 4. The fraction of sp³-hybridized carbons (Fsp3) is 0.450. The molecular formula is C20H26FN5O. The van der Waals surface area contributed by atoms with Gasteiger partial charge in [-0.1, -0.05) is 12.1 Å². The van der Waals surface area contributed by atoms with Crippen LogP contribution in [0.1, 0.15) is 37.1 Å². The summed E-state index contributed by atoms with van der Waals surface area (Å²) in [4.78, 5) is 24.7. The highest BCUT2D eigenvalue weighted by Gasteiger charge is 2.24. The zero-order chi connectivity index (χ0) is 19.2. The molecule has 1 atom stereocenters. The molecule has 27 heavy (non-hydrogen) atoms. The minimum Gasteiger partial charge on any atom is -0.335 e. The summed E-state index contributed by atoms with van der Waals surface area (Å²) in [5.41, 5.74) is 1.93. The molecule has 1 aliphatic heterocycles. The number of hydrogen-bond acceptors (Lipinski definition) is 4. The Morgan fingerprint density at radius 3 is 2.63 bits per heavy atom. The summed E-state index contributed by atoms with van der Waals surface area (Å²) in [5.74, 6) is -0.208. The van der Waals surface area contributed by atoms with E-state index in [9.17, 15) is 9.18 Å². The second-order valence-electron chi connectivity index (χ2n) is 7.05. The second kappa shape index (κ2) is 8.90. The van der Waals surface area contributed by atoms with E-state index in [-0.39, 0.29) is 23.9 Å². The van der Waals surface area contributed by atoms with Crippen molar-refractivity contribution in [3.05, 3.63) is 59.9 Å². The van der Waals surface area contributed by atoms with E-state index < -0.39 is 0 Å². The van der Waals surface area contributed by atoms with Gasteiger partial charge in [-0.25, -0.2) is 19.2 Å². The highest BCUT2D eigenvalue weighted by atomic mass is 19.1. The smallest absolute Gasteiger partial charge is 0.317 e. The molecule has 0 aliphatic carbocycles. The molecule has 2 aromatic rings.